The molecule has 3 N–H and O–H groups in total. The molecule has 106 valence electrons. The van der Waals surface area contributed by atoms with Crippen molar-refractivity contribution in [3.63, 3.8) is 0 Å². The average molecular weight is 290 g/mol. The summed E-state index contributed by atoms with van der Waals surface area (Å²) in [7, 11) is 1.92. The van der Waals surface area contributed by atoms with Gasteiger partial charge in [0.15, 0.2) is 5.13 Å². The van der Waals surface area contributed by atoms with E-state index in [9.17, 15) is 4.79 Å². The largest absolute Gasteiger partial charge is 0.382 e. The van der Waals surface area contributed by atoms with Gasteiger partial charge in [-0.05, 0) is 25.5 Å². The molecule has 0 saturated carbocycles. The van der Waals surface area contributed by atoms with Crippen LogP contribution in [-0.4, -0.2) is 24.5 Å². The number of nitrogens with two attached hydrogens (primary N) is 1. The third-order valence-electron chi connectivity index (χ3n) is 3.04. The summed E-state index contributed by atoms with van der Waals surface area (Å²) < 4.78 is 0. The SMILES string of the molecule is CCN(C)c1nc(N)c(C(=O)Nc2ccccc2C)s1. The number of carbonyl (C=O) groups is 1. The van der Waals surface area contributed by atoms with Crippen molar-refractivity contribution >= 4 is 33.9 Å². The molecule has 1 heterocycles. The molecule has 1 aromatic heterocycles. The Morgan fingerprint density at radius 2 is 2.15 bits per heavy atom. The number of benzene rings is 1. The van der Waals surface area contributed by atoms with E-state index >= 15 is 0 Å². The Kier molecular flexibility index (Phi) is 4.24. The molecule has 1 amide bonds. The lowest BCUT2D eigenvalue weighted by Crippen LogP contribution is -2.15. The molecule has 1 aromatic carbocycles. The predicted molar refractivity (Wildman–Crippen MR) is 84.6 cm³/mol. The van der Waals surface area contributed by atoms with Gasteiger partial charge < -0.3 is 16.0 Å². The summed E-state index contributed by atoms with van der Waals surface area (Å²) in [5.74, 6) is 0.0569. The van der Waals surface area contributed by atoms with E-state index < -0.39 is 0 Å². The summed E-state index contributed by atoms with van der Waals surface area (Å²) in [5.41, 5.74) is 7.64. The molecule has 0 aliphatic rings. The summed E-state index contributed by atoms with van der Waals surface area (Å²) in [6, 6.07) is 7.63. The Bertz CT molecular complexity index is 623. The molecule has 0 saturated heterocycles. The summed E-state index contributed by atoms with van der Waals surface area (Å²) >= 11 is 1.30. The maximum atomic E-state index is 12.3. The molecule has 6 heteroatoms. The van der Waals surface area contributed by atoms with Gasteiger partial charge in [0, 0.05) is 19.3 Å². The normalized spacial score (nSPS) is 10.3. The van der Waals surface area contributed by atoms with Gasteiger partial charge in [0.25, 0.3) is 5.91 Å². The Labute approximate surface area is 122 Å². The number of hydrogen-bond donors (Lipinski definition) is 2. The third-order valence-corrected chi connectivity index (χ3v) is 4.23. The van der Waals surface area contributed by atoms with Gasteiger partial charge in [-0.25, -0.2) is 4.98 Å². The standard InChI is InChI=1S/C14H18N4OS/c1-4-18(3)14-17-12(15)11(20-14)13(19)16-10-8-6-5-7-9(10)2/h5-8H,4,15H2,1-3H3,(H,16,19). The quantitative estimate of drug-likeness (QED) is 0.908. The number of nitrogens with zero attached hydrogens (tertiary/aromatic N) is 2. The van der Waals surface area contributed by atoms with Crippen molar-refractivity contribution in [1.82, 2.24) is 4.98 Å². The maximum absolute atomic E-state index is 12.3. The van der Waals surface area contributed by atoms with Crippen LogP contribution in [0.2, 0.25) is 0 Å². The second-order valence-electron chi connectivity index (χ2n) is 4.49. The van der Waals surface area contributed by atoms with Crippen molar-refractivity contribution in [2.75, 3.05) is 29.5 Å². The van der Waals surface area contributed by atoms with Gasteiger partial charge >= 0.3 is 0 Å². The second kappa shape index (κ2) is 5.92. The summed E-state index contributed by atoms with van der Waals surface area (Å²) in [6.45, 7) is 4.78. The number of thiazole rings is 1. The number of nitrogen functional groups attached to an aromatic ring is 1. The number of para-hydroxylation sites is 1. The Morgan fingerprint density at radius 3 is 2.80 bits per heavy atom. The Hall–Kier alpha value is -2.08. The minimum atomic E-state index is -0.218. The molecular formula is C14H18N4OS. The third kappa shape index (κ3) is 2.91. The number of carbonyl (C=O) groups excluding carboxylic acids is 1. The molecule has 0 aliphatic heterocycles. The number of hydrogen-bond acceptors (Lipinski definition) is 5. The first kappa shape index (κ1) is 14.3. The zero-order chi connectivity index (χ0) is 14.7. The fraction of sp³-hybridized carbons (Fsp3) is 0.286. The first-order valence-electron chi connectivity index (χ1n) is 6.37. The van der Waals surface area contributed by atoms with Crippen LogP contribution in [0.3, 0.4) is 0 Å². The van der Waals surface area contributed by atoms with Crippen molar-refractivity contribution in [3.8, 4) is 0 Å². The predicted octanol–water partition coefficient (Wildman–Crippen LogP) is 2.74. The molecule has 0 spiro atoms. The first-order valence-corrected chi connectivity index (χ1v) is 7.19. The van der Waals surface area contributed by atoms with E-state index in [2.05, 4.69) is 10.3 Å². The van der Waals surface area contributed by atoms with E-state index in [0.29, 0.717) is 4.88 Å². The number of aromatic nitrogens is 1. The van der Waals surface area contributed by atoms with Gasteiger partial charge in [0.1, 0.15) is 10.7 Å². The smallest absolute Gasteiger partial charge is 0.269 e. The summed E-state index contributed by atoms with van der Waals surface area (Å²) in [6.07, 6.45) is 0. The van der Waals surface area contributed by atoms with E-state index in [4.69, 9.17) is 5.73 Å². The second-order valence-corrected chi connectivity index (χ2v) is 5.47. The molecule has 0 unspecified atom stereocenters. The van der Waals surface area contributed by atoms with Crippen molar-refractivity contribution in [2.45, 2.75) is 13.8 Å². The zero-order valence-corrected chi connectivity index (χ0v) is 12.6. The fourth-order valence-corrected chi connectivity index (χ4v) is 2.58. The molecule has 2 aromatic rings. The number of amides is 1. The maximum Gasteiger partial charge on any atom is 0.269 e. The van der Waals surface area contributed by atoms with Gasteiger partial charge in [-0.2, -0.15) is 0 Å². The molecule has 0 radical (unpaired) electrons. The van der Waals surface area contributed by atoms with E-state index in [0.717, 1.165) is 22.9 Å². The number of nitrogens with one attached hydrogen (secondary N) is 1. The van der Waals surface area contributed by atoms with Crippen molar-refractivity contribution in [2.24, 2.45) is 0 Å². The van der Waals surface area contributed by atoms with Crippen LogP contribution in [-0.2, 0) is 0 Å². The average Bonchev–Trinajstić information content (AvgIpc) is 2.82. The molecule has 0 aliphatic carbocycles. The van der Waals surface area contributed by atoms with Crippen LogP contribution in [0.1, 0.15) is 22.2 Å². The van der Waals surface area contributed by atoms with Crippen LogP contribution < -0.4 is 16.0 Å². The monoisotopic (exact) mass is 290 g/mol. The molecule has 0 fully saturated rings. The van der Waals surface area contributed by atoms with Crippen molar-refractivity contribution in [3.05, 3.63) is 34.7 Å². The van der Waals surface area contributed by atoms with Gasteiger partial charge in [-0.15, -0.1) is 0 Å². The highest BCUT2D eigenvalue weighted by molar-refractivity contribution is 7.18. The number of anilines is 3. The fourth-order valence-electron chi connectivity index (χ4n) is 1.67. The van der Waals surface area contributed by atoms with Crippen molar-refractivity contribution in [1.29, 1.82) is 0 Å². The lowest BCUT2D eigenvalue weighted by molar-refractivity contribution is 0.103. The number of rotatable bonds is 4. The van der Waals surface area contributed by atoms with E-state index in [1.54, 1.807) is 0 Å². The van der Waals surface area contributed by atoms with Gasteiger partial charge in [-0.1, -0.05) is 29.5 Å². The topological polar surface area (TPSA) is 71.2 Å². The molecule has 2 rings (SSSR count). The molecule has 0 atom stereocenters. The van der Waals surface area contributed by atoms with Gasteiger partial charge in [0.05, 0.1) is 0 Å². The Morgan fingerprint density at radius 1 is 1.45 bits per heavy atom. The minimum Gasteiger partial charge on any atom is -0.382 e. The van der Waals surface area contributed by atoms with Crippen LogP contribution in [0.4, 0.5) is 16.6 Å². The highest BCUT2D eigenvalue weighted by atomic mass is 32.1. The van der Waals surface area contributed by atoms with Crippen molar-refractivity contribution < 1.29 is 4.79 Å². The molecular weight excluding hydrogens is 272 g/mol. The zero-order valence-electron chi connectivity index (χ0n) is 11.8. The van der Waals surface area contributed by atoms with E-state index in [-0.39, 0.29) is 11.7 Å². The van der Waals surface area contributed by atoms with Crippen LogP contribution in [0, 0.1) is 6.92 Å². The highest BCUT2D eigenvalue weighted by Crippen LogP contribution is 2.28. The molecule has 0 bridgehead atoms. The molecule has 20 heavy (non-hydrogen) atoms. The van der Waals surface area contributed by atoms with Crippen LogP contribution in [0.5, 0.6) is 0 Å². The van der Waals surface area contributed by atoms with Crippen LogP contribution in [0.15, 0.2) is 24.3 Å². The lowest BCUT2D eigenvalue weighted by Gasteiger charge is -2.11. The first-order chi connectivity index (χ1) is 9.52. The van der Waals surface area contributed by atoms with Gasteiger partial charge in [0.2, 0.25) is 0 Å². The summed E-state index contributed by atoms with van der Waals surface area (Å²) in [5, 5.41) is 3.62. The van der Waals surface area contributed by atoms with Crippen LogP contribution in [0.25, 0.3) is 0 Å². The van der Waals surface area contributed by atoms with Crippen LogP contribution >= 0.6 is 11.3 Å². The highest BCUT2D eigenvalue weighted by Gasteiger charge is 2.18. The van der Waals surface area contributed by atoms with Gasteiger partial charge in [-0.3, -0.25) is 4.79 Å². The molecule has 5 nitrogen and oxygen atoms in total. The lowest BCUT2D eigenvalue weighted by atomic mass is 10.2. The summed E-state index contributed by atoms with van der Waals surface area (Å²) in [4.78, 5) is 18.9. The van der Waals surface area contributed by atoms with E-state index in [1.165, 1.54) is 11.3 Å². The number of aryl methyl sites for hydroxylation is 1. The minimum absolute atomic E-state index is 0.218. The van der Waals surface area contributed by atoms with E-state index in [1.807, 2.05) is 50.1 Å². The Balaban J connectivity index is 2.22.